The third-order valence-corrected chi connectivity index (χ3v) is 7.10. The SMILES string of the molecule is CCC(C(=O)NCC(C)C)N(Cc1c(Cl)cccc1Cl)C(=O)CN(c1ccc(F)cc1)S(C)(=O)=O. The summed E-state index contributed by atoms with van der Waals surface area (Å²) in [7, 11) is -3.91. The summed E-state index contributed by atoms with van der Waals surface area (Å²) in [6.07, 6.45) is 1.22. The van der Waals surface area contributed by atoms with Gasteiger partial charge in [0.2, 0.25) is 21.8 Å². The second kappa shape index (κ2) is 12.6. The van der Waals surface area contributed by atoms with Crippen molar-refractivity contribution >= 4 is 50.7 Å². The highest BCUT2D eigenvalue weighted by atomic mass is 35.5. The molecule has 0 heterocycles. The lowest BCUT2D eigenvalue weighted by Crippen LogP contribution is -2.52. The lowest BCUT2D eigenvalue weighted by Gasteiger charge is -2.33. The van der Waals surface area contributed by atoms with E-state index in [0.29, 0.717) is 22.2 Å². The van der Waals surface area contributed by atoms with Gasteiger partial charge in [0, 0.05) is 28.7 Å². The van der Waals surface area contributed by atoms with E-state index in [4.69, 9.17) is 23.2 Å². The van der Waals surface area contributed by atoms with Crippen molar-refractivity contribution in [2.24, 2.45) is 5.92 Å². The molecule has 0 aliphatic heterocycles. The van der Waals surface area contributed by atoms with Crippen molar-refractivity contribution in [3.05, 3.63) is 63.9 Å². The third kappa shape index (κ3) is 8.08. The normalized spacial score (nSPS) is 12.3. The minimum atomic E-state index is -3.91. The number of hydrogen-bond donors (Lipinski definition) is 1. The molecule has 0 aliphatic carbocycles. The van der Waals surface area contributed by atoms with Crippen molar-refractivity contribution in [2.45, 2.75) is 39.8 Å². The van der Waals surface area contributed by atoms with Gasteiger partial charge in [0.15, 0.2) is 0 Å². The van der Waals surface area contributed by atoms with Gasteiger partial charge < -0.3 is 10.2 Å². The molecule has 192 valence electrons. The fraction of sp³-hybridized carbons (Fsp3) is 0.417. The predicted octanol–water partition coefficient (Wildman–Crippen LogP) is 4.48. The number of rotatable bonds is 11. The maximum atomic E-state index is 13.6. The summed E-state index contributed by atoms with van der Waals surface area (Å²) < 4.78 is 39.3. The molecule has 1 atom stereocenters. The van der Waals surface area contributed by atoms with E-state index < -0.39 is 34.3 Å². The summed E-state index contributed by atoms with van der Waals surface area (Å²) in [6, 6.07) is 8.74. The zero-order valence-corrected chi connectivity index (χ0v) is 22.4. The van der Waals surface area contributed by atoms with E-state index in [1.54, 1.807) is 25.1 Å². The van der Waals surface area contributed by atoms with Gasteiger partial charge in [-0.2, -0.15) is 0 Å². The van der Waals surface area contributed by atoms with Crippen LogP contribution in [-0.2, 0) is 26.2 Å². The molecule has 0 radical (unpaired) electrons. The van der Waals surface area contributed by atoms with Gasteiger partial charge in [-0.3, -0.25) is 13.9 Å². The van der Waals surface area contributed by atoms with Crippen LogP contribution in [0.25, 0.3) is 0 Å². The van der Waals surface area contributed by atoms with Crippen molar-refractivity contribution < 1.29 is 22.4 Å². The van der Waals surface area contributed by atoms with Crippen molar-refractivity contribution in [2.75, 3.05) is 23.7 Å². The van der Waals surface area contributed by atoms with E-state index in [1.165, 1.54) is 17.0 Å². The Morgan fingerprint density at radius 1 is 1.06 bits per heavy atom. The summed E-state index contributed by atoms with van der Waals surface area (Å²) in [4.78, 5) is 27.9. The Morgan fingerprint density at radius 3 is 2.11 bits per heavy atom. The molecule has 2 amide bonds. The molecule has 7 nitrogen and oxygen atoms in total. The quantitative estimate of drug-likeness (QED) is 0.451. The lowest BCUT2D eigenvalue weighted by atomic mass is 10.1. The number of nitrogens with one attached hydrogen (secondary N) is 1. The highest BCUT2D eigenvalue weighted by molar-refractivity contribution is 7.92. The molecule has 0 aliphatic rings. The lowest BCUT2D eigenvalue weighted by molar-refractivity contribution is -0.140. The second-order valence-corrected chi connectivity index (χ2v) is 11.3. The molecule has 35 heavy (non-hydrogen) atoms. The van der Waals surface area contributed by atoms with Crippen LogP contribution in [0.4, 0.5) is 10.1 Å². The molecule has 2 aromatic carbocycles. The Bertz CT molecular complexity index is 1120. The molecule has 1 N–H and O–H groups in total. The van der Waals surface area contributed by atoms with Gasteiger partial charge >= 0.3 is 0 Å². The Hall–Kier alpha value is -2.36. The molecular weight excluding hydrogens is 516 g/mol. The standard InChI is InChI=1S/C24H30Cl2FN3O4S/c1-5-22(24(32)28-13-16(2)3)29(14-19-20(25)7-6-8-21(19)26)23(31)15-30(35(4,33)34)18-11-9-17(27)10-12-18/h6-12,16,22H,5,13-15H2,1-4H3,(H,28,32). The number of carbonyl (C=O) groups excluding carboxylic acids is 2. The minimum absolute atomic E-state index is 0.105. The average molecular weight is 546 g/mol. The van der Waals surface area contributed by atoms with Gasteiger partial charge in [-0.15, -0.1) is 0 Å². The first-order valence-corrected chi connectivity index (χ1v) is 13.7. The molecule has 0 spiro atoms. The van der Waals surface area contributed by atoms with Crippen LogP contribution in [-0.4, -0.2) is 50.5 Å². The fourth-order valence-corrected chi connectivity index (χ4v) is 4.78. The van der Waals surface area contributed by atoms with E-state index in [9.17, 15) is 22.4 Å². The van der Waals surface area contributed by atoms with Crippen LogP contribution in [0.15, 0.2) is 42.5 Å². The molecule has 0 saturated heterocycles. The highest BCUT2D eigenvalue weighted by Crippen LogP contribution is 2.27. The monoisotopic (exact) mass is 545 g/mol. The van der Waals surface area contributed by atoms with Crippen LogP contribution in [0.5, 0.6) is 0 Å². The Balaban J connectivity index is 2.47. The minimum Gasteiger partial charge on any atom is -0.354 e. The number of anilines is 1. The maximum Gasteiger partial charge on any atom is 0.244 e. The Morgan fingerprint density at radius 2 is 1.63 bits per heavy atom. The van der Waals surface area contributed by atoms with Gasteiger partial charge in [0.25, 0.3) is 0 Å². The summed E-state index contributed by atoms with van der Waals surface area (Å²) in [6.45, 7) is 5.35. The first-order valence-electron chi connectivity index (χ1n) is 11.1. The zero-order valence-electron chi connectivity index (χ0n) is 20.1. The molecule has 0 saturated carbocycles. The van der Waals surface area contributed by atoms with E-state index in [2.05, 4.69) is 5.32 Å². The van der Waals surface area contributed by atoms with Crippen LogP contribution in [0, 0.1) is 11.7 Å². The van der Waals surface area contributed by atoms with Crippen LogP contribution < -0.4 is 9.62 Å². The summed E-state index contributed by atoms with van der Waals surface area (Å²) in [5.74, 6) is -1.36. The zero-order chi connectivity index (χ0) is 26.3. The van der Waals surface area contributed by atoms with Crippen molar-refractivity contribution in [1.29, 1.82) is 0 Å². The van der Waals surface area contributed by atoms with E-state index in [0.717, 1.165) is 22.7 Å². The molecule has 0 aromatic heterocycles. The number of amides is 2. The number of hydrogen-bond acceptors (Lipinski definition) is 4. The number of halogens is 3. The van der Waals surface area contributed by atoms with E-state index in [-0.39, 0.29) is 30.5 Å². The van der Waals surface area contributed by atoms with Crippen LogP contribution in [0.1, 0.15) is 32.8 Å². The summed E-state index contributed by atoms with van der Waals surface area (Å²) in [5, 5.41) is 3.46. The van der Waals surface area contributed by atoms with E-state index in [1.807, 2.05) is 13.8 Å². The van der Waals surface area contributed by atoms with Crippen molar-refractivity contribution in [1.82, 2.24) is 10.2 Å². The Labute approximate surface area is 216 Å². The number of benzene rings is 2. The molecule has 11 heteroatoms. The van der Waals surface area contributed by atoms with Crippen LogP contribution in [0.3, 0.4) is 0 Å². The Kier molecular flexibility index (Phi) is 10.4. The van der Waals surface area contributed by atoms with E-state index >= 15 is 0 Å². The fourth-order valence-electron chi connectivity index (χ4n) is 3.42. The molecule has 2 aromatic rings. The van der Waals surface area contributed by atoms with Crippen molar-refractivity contribution in [3.8, 4) is 0 Å². The van der Waals surface area contributed by atoms with Crippen molar-refractivity contribution in [3.63, 3.8) is 0 Å². The second-order valence-electron chi connectivity index (χ2n) is 8.53. The first kappa shape index (κ1) is 28.9. The smallest absolute Gasteiger partial charge is 0.244 e. The van der Waals surface area contributed by atoms with Crippen LogP contribution >= 0.6 is 23.2 Å². The van der Waals surface area contributed by atoms with Gasteiger partial charge in [-0.05, 0) is 48.7 Å². The predicted molar refractivity (Wildman–Crippen MR) is 138 cm³/mol. The largest absolute Gasteiger partial charge is 0.354 e. The highest BCUT2D eigenvalue weighted by Gasteiger charge is 2.32. The topological polar surface area (TPSA) is 86.8 Å². The molecule has 2 rings (SSSR count). The van der Waals surface area contributed by atoms with Gasteiger partial charge in [0.05, 0.1) is 11.9 Å². The number of carbonyl (C=O) groups is 2. The number of sulfonamides is 1. The molecule has 0 fully saturated rings. The molecule has 1 unspecified atom stereocenters. The van der Waals surface area contributed by atoms with Gasteiger partial charge in [-0.1, -0.05) is 50.0 Å². The summed E-state index contributed by atoms with van der Waals surface area (Å²) in [5.41, 5.74) is 0.558. The average Bonchev–Trinajstić information content (AvgIpc) is 2.77. The number of nitrogens with zero attached hydrogens (tertiary/aromatic N) is 2. The maximum absolute atomic E-state index is 13.6. The van der Waals surface area contributed by atoms with Gasteiger partial charge in [-0.25, -0.2) is 12.8 Å². The summed E-state index contributed by atoms with van der Waals surface area (Å²) >= 11 is 12.7. The molecule has 0 bridgehead atoms. The van der Waals surface area contributed by atoms with Crippen LogP contribution in [0.2, 0.25) is 10.0 Å². The third-order valence-electron chi connectivity index (χ3n) is 5.25. The van der Waals surface area contributed by atoms with Gasteiger partial charge in [0.1, 0.15) is 18.4 Å². The molecular formula is C24H30Cl2FN3O4S. The first-order chi connectivity index (χ1) is 16.3.